The van der Waals surface area contributed by atoms with Crippen LogP contribution in [0.1, 0.15) is 36.3 Å². The Hall–Kier alpha value is -0.220. The fourth-order valence-corrected chi connectivity index (χ4v) is 2.72. The third-order valence-electron chi connectivity index (χ3n) is 2.05. The first-order valence-electron chi connectivity index (χ1n) is 4.40. The molecule has 2 rings (SSSR count). The highest BCUT2D eigenvalue weighted by molar-refractivity contribution is 7.99. The van der Waals surface area contributed by atoms with E-state index in [9.17, 15) is 0 Å². The molecule has 0 bridgehead atoms. The smallest absolute Gasteiger partial charge is 0.231 e. The van der Waals surface area contributed by atoms with Gasteiger partial charge in [0.1, 0.15) is 5.88 Å². The van der Waals surface area contributed by atoms with Crippen molar-refractivity contribution in [3.8, 4) is 0 Å². The number of hydrogen-bond donors (Lipinski definition) is 0. The van der Waals surface area contributed by atoms with Gasteiger partial charge in [-0.3, -0.25) is 0 Å². The van der Waals surface area contributed by atoms with E-state index in [1.807, 2.05) is 11.8 Å². The zero-order chi connectivity index (χ0) is 9.10. The largest absolute Gasteiger partial charge is 0.423 e. The summed E-state index contributed by atoms with van der Waals surface area (Å²) in [7, 11) is 0. The van der Waals surface area contributed by atoms with Crippen LogP contribution in [0.15, 0.2) is 4.42 Å². The van der Waals surface area contributed by atoms with E-state index in [1.165, 1.54) is 18.6 Å². The molecule has 3 nitrogen and oxygen atoms in total. The van der Waals surface area contributed by atoms with Crippen LogP contribution in [0.5, 0.6) is 0 Å². The average molecular weight is 219 g/mol. The van der Waals surface area contributed by atoms with Crippen LogP contribution in [0.2, 0.25) is 0 Å². The molecule has 1 unspecified atom stereocenters. The first kappa shape index (κ1) is 9.34. The molecule has 72 valence electrons. The van der Waals surface area contributed by atoms with Crippen molar-refractivity contribution in [1.82, 2.24) is 10.2 Å². The Morgan fingerprint density at radius 3 is 3.00 bits per heavy atom. The first-order valence-corrected chi connectivity index (χ1v) is 5.98. The van der Waals surface area contributed by atoms with E-state index < -0.39 is 0 Å². The molecule has 0 aromatic carbocycles. The molecule has 1 saturated heterocycles. The molecule has 2 heterocycles. The second kappa shape index (κ2) is 4.33. The number of nitrogens with zero attached hydrogens (tertiary/aromatic N) is 2. The quantitative estimate of drug-likeness (QED) is 0.716. The Balaban J connectivity index is 2.05. The summed E-state index contributed by atoms with van der Waals surface area (Å²) in [4.78, 5) is 0. The van der Waals surface area contributed by atoms with Crippen LogP contribution in [0.3, 0.4) is 0 Å². The van der Waals surface area contributed by atoms with E-state index in [0.717, 1.165) is 12.3 Å². The number of aromatic nitrogens is 2. The molecule has 1 aromatic rings. The van der Waals surface area contributed by atoms with Crippen LogP contribution >= 0.6 is 23.4 Å². The van der Waals surface area contributed by atoms with Gasteiger partial charge >= 0.3 is 0 Å². The van der Waals surface area contributed by atoms with Crippen LogP contribution in [-0.4, -0.2) is 16.0 Å². The van der Waals surface area contributed by atoms with Gasteiger partial charge in [0.2, 0.25) is 11.8 Å². The van der Waals surface area contributed by atoms with Crippen molar-refractivity contribution >= 4 is 23.4 Å². The molecule has 1 aromatic heterocycles. The predicted octanol–water partition coefficient (Wildman–Crippen LogP) is 2.77. The van der Waals surface area contributed by atoms with Gasteiger partial charge in [-0.15, -0.1) is 33.6 Å². The average Bonchev–Trinajstić information content (AvgIpc) is 2.67. The zero-order valence-electron chi connectivity index (χ0n) is 7.20. The normalized spacial score (nSPS) is 23.3. The molecule has 1 fully saturated rings. The number of rotatable bonds is 2. The van der Waals surface area contributed by atoms with Gasteiger partial charge in [0, 0.05) is 0 Å². The summed E-state index contributed by atoms with van der Waals surface area (Å²) in [5.74, 6) is 2.79. The maximum atomic E-state index is 5.58. The lowest BCUT2D eigenvalue weighted by Crippen LogP contribution is -2.02. The second-order valence-corrected chi connectivity index (χ2v) is 4.60. The molecular weight excluding hydrogens is 208 g/mol. The van der Waals surface area contributed by atoms with Gasteiger partial charge in [0.05, 0.1) is 5.25 Å². The van der Waals surface area contributed by atoms with E-state index in [-0.39, 0.29) is 0 Å². The van der Waals surface area contributed by atoms with Gasteiger partial charge in [-0.25, -0.2) is 0 Å². The lowest BCUT2D eigenvalue weighted by atomic mass is 10.2. The summed E-state index contributed by atoms with van der Waals surface area (Å²) in [5.41, 5.74) is 0. The van der Waals surface area contributed by atoms with E-state index in [0.29, 0.717) is 17.0 Å². The van der Waals surface area contributed by atoms with Crippen LogP contribution in [0, 0.1) is 0 Å². The number of alkyl halides is 1. The van der Waals surface area contributed by atoms with Gasteiger partial charge in [0.25, 0.3) is 0 Å². The zero-order valence-corrected chi connectivity index (χ0v) is 8.77. The van der Waals surface area contributed by atoms with Crippen molar-refractivity contribution in [2.24, 2.45) is 0 Å². The molecule has 1 aliphatic heterocycles. The van der Waals surface area contributed by atoms with E-state index in [1.54, 1.807) is 0 Å². The fourth-order valence-electron chi connectivity index (χ4n) is 1.39. The highest BCUT2D eigenvalue weighted by atomic mass is 35.5. The maximum absolute atomic E-state index is 5.58. The molecule has 0 spiro atoms. The topological polar surface area (TPSA) is 38.9 Å². The van der Waals surface area contributed by atoms with E-state index in [2.05, 4.69) is 10.2 Å². The summed E-state index contributed by atoms with van der Waals surface area (Å²) < 4.78 is 5.40. The van der Waals surface area contributed by atoms with Gasteiger partial charge in [0.15, 0.2) is 0 Å². The Labute approximate surface area is 86.2 Å². The van der Waals surface area contributed by atoms with Crippen molar-refractivity contribution in [2.45, 2.75) is 30.4 Å². The number of hydrogen-bond acceptors (Lipinski definition) is 4. The summed E-state index contributed by atoms with van der Waals surface area (Å²) >= 11 is 7.48. The minimum Gasteiger partial charge on any atom is -0.423 e. The van der Waals surface area contributed by atoms with Crippen molar-refractivity contribution < 1.29 is 4.42 Å². The minimum absolute atomic E-state index is 0.310. The standard InChI is InChI=1S/C8H11ClN2OS/c9-5-7-10-11-8(12-7)6-3-1-2-4-13-6/h6H,1-5H2. The van der Waals surface area contributed by atoms with Gasteiger partial charge in [-0.1, -0.05) is 6.42 Å². The number of thioether (sulfide) groups is 1. The van der Waals surface area contributed by atoms with Crippen LogP contribution < -0.4 is 0 Å². The minimum atomic E-state index is 0.310. The molecule has 0 N–H and O–H groups in total. The molecule has 0 amide bonds. The highest BCUT2D eigenvalue weighted by Crippen LogP contribution is 2.37. The molecule has 13 heavy (non-hydrogen) atoms. The first-order chi connectivity index (χ1) is 6.40. The summed E-state index contributed by atoms with van der Waals surface area (Å²) in [6, 6.07) is 0. The molecule has 0 aliphatic carbocycles. The van der Waals surface area contributed by atoms with Crippen molar-refractivity contribution in [2.75, 3.05) is 5.75 Å². The fraction of sp³-hybridized carbons (Fsp3) is 0.750. The van der Waals surface area contributed by atoms with Gasteiger partial charge in [-0.05, 0) is 18.6 Å². The highest BCUT2D eigenvalue weighted by Gasteiger charge is 2.21. The van der Waals surface area contributed by atoms with Crippen molar-refractivity contribution in [3.63, 3.8) is 0 Å². The Bertz CT molecular complexity index is 273. The molecule has 5 heteroatoms. The van der Waals surface area contributed by atoms with Gasteiger partial charge in [-0.2, -0.15) is 0 Å². The molecular formula is C8H11ClN2OS. The predicted molar refractivity (Wildman–Crippen MR) is 52.9 cm³/mol. The lowest BCUT2D eigenvalue weighted by molar-refractivity contribution is 0.448. The van der Waals surface area contributed by atoms with Crippen LogP contribution in [-0.2, 0) is 5.88 Å². The summed E-state index contributed by atoms with van der Waals surface area (Å²) in [5, 5.41) is 8.24. The van der Waals surface area contributed by atoms with Crippen molar-refractivity contribution in [3.05, 3.63) is 11.8 Å². The third kappa shape index (κ3) is 2.17. The van der Waals surface area contributed by atoms with Crippen molar-refractivity contribution in [1.29, 1.82) is 0 Å². The summed E-state index contributed by atoms with van der Waals surface area (Å²) in [6.45, 7) is 0. The second-order valence-electron chi connectivity index (χ2n) is 3.02. The van der Waals surface area contributed by atoms with Crippen LogP contribution in [0.4, 0.5) is 0 Å². The molecule has 0 saturated carbocycles. The molecule has 1 aliphatic rings. The van der Waals surface area contributed by atoms with Gasteiger partial charge < -0.3 is 4.42 Å². The Morgan fingerprint density at radius 1 is 1.46 bits per heavy atom. The monoisotopic (exact) mass is 218 g/mol. The van der Waals surface area contributed by atoms with E-state index >= 15 is 0 Å². The third-order valence-corrected chi connectivity index (χ3v) is 3.64. The molecule has 1 atom stereocenters. The SMILES string of the molecule is ClCc1nnc(C2CCCCS2)o1. The Kier molecular flexibility index (Phi) is 3.11. The molecule has 0 radical (unpaired) electrons. The number of halogens is 1. The lowest BCUT2D eigenvalue weighted by Gasteiger charge is -2.17. The Morgan fingerprint density at radius 2 is 2.38 bits per heavy atom. The van der Waals surface area contributed by atoms with Crippen LogP contribution in [0.25, 0.3) is 0 Å². The maximum Gasteiger partial charge on any atom is 0.231 e. The summed E-state index contributed by atoms with van der Waals surface area (Å²) in [6.07, 6.45) is 3.71. The van der Waals surface area contributed by atoms with E-state index in [4.69, 9.17) is 16.0 Å².